The zero-order valence-electron chi connectivity index (χ0n) is 12.3. The normalized spacial score (nSPS) is 15.4. The van der Waals surface area contributed by atoms with Gasteiger partial charge in [-0.3, -0.25) is 4.79 Å². The van der Waals surface area contributed by atoms with Crippen LogP contribution in [0, 0.1) is 0 Å². The van der Waals surface area contributed by atoms with Crippen molar-refractivity contribution < 1.29 is 4.79 Å². The van der Waals surface area contributed by atoms with E-state index in [-0.39, 0.29) is 11.8 Å². The number of rotatable bonds is 2. The minimum absolute atomic E-state index is 0.103. The molecule has 0 aromatic heterocycles. The summed E-state index contributed by atoms with van der Waals surface area (Å²) in [5.41, 5.74) is 10.2. The van der Waals surface area contributed by atoms with Crippen LogP contribution in [0.5, 0.6) is 0 Å². The molecule has 1 amide bonds. The quantitative estimate of drug-likeness (QED) is 0.860. The van der Waals surface area contributed by atoms with E-state index in [0.29, 0.717) is 6.54 Å². The SMILES string of the molecule is CC(C(=O)N1CCc2ccc(N)cc2C1)c1ccccc1. The van der Waals surface area contributed by atoms with Crippen molar-refractivity contribution in [1.82, 2.24) is 4.90 Å². The molecular formula is C18H20N2O. The molecule has 2 aromatic carbocycles. The minimum atomic E-state index is -0.103. The molecule has 0 saturated heterocycles. The Kier molecular flexibility index (Phi) is 3.65. The van der Waals surface area contributed by atoms with Crippen molar-refractivity contribution in [2.24, 2.45) is 0 Å². The molecule has 2 aromatic rings. The Bertz CT molecular complexity index is 652. The number of fused-ring (bicyclic) bond motifs is 1. The van der Waals surface area contributed by atoms with Gasteiger partial charge in [0.2, 0.25) is 5.91 Å². The molecule has 0 fully saturated rings. The van der Waals surface area contributed by atoms with Crippen molar-refractivity contribution in [3.8, 4) is 0 Å². The highest BCUT2D eigenvalue weighted by atomic mass is 16.2. The Labute approximate surface area is 125 Å². The lowest BCUT2D eigenvalue weighted by atomic mass is 9.95. The number of benzene rings is 2. The van der Waals surface area contributed by atoms with Gasteiger partial charge in [0.1, 0.15) is 0 Å². The average molecular weight is 280 g/mol. The van der Waals surface area contributed by atoms with Gasteiger partial charge in [-0.15, -0.1) is 0 Å². The maximum Gasteiger partial charge on any atom is 0.230 e. The Balaban J connectivity index is 1.78. The van der Waals surface area contributed by atoms with Crippen molar-refractivity contribution in [3.63, 3.8) is 0 Å². The monoisotopic (exact) mass is 280 g/mol. The molecule has 0 bridgehead atoms. The summed E-state index contributed by atoms with van der Waals surface area (Å²) in [4.78, 5) is 14.6. The van der Waals surface area contributed by atoms with Crippen LogP contribution < -0.4 is 5.73 Å². The zero-order chi connectivity index (χ0) is 14.8. The minimum Gasteiger partial charge on any atom is -0.399 e. The maximum absolute atomic E-state index is 12.7. The Morgan fingerprint density at radius 2 is 1.90 bits per heavy atom. The number of anilines is 1. The molecule has 3 rings (SSSR count). The van der Waals surface area contributed by atoms with Crippen molar-refractivity contribution in [2.75, 3.05) is 12.3 Å². The third-order valence-corrected chi connectivity index (χ3v) is 4.22. The largest absolute Gasteiger partial charge is 0.399 e. The van der Waals surface area contributed by atoms with Crippen LogP contribution in [0.3, 0.4) is 0 Å². The van der Waals surface area contributed by atoms with Gasteiger partial charge >= 0.3 is 0 Å². The van der Waals surface area contributed by atoms with Crippen LogP contribution in [0.15, 0.2) is 48.5 Å². The highest BCUT2D eigenvalue weighted by Crippen LogP contribution is 2.25. The lowest BCUT2D eigenvalue weighted by Crippen LogP contribution is -2.38. The first kappa shape index (κ1) is 13.7. The lowest BCUT2D eigenvalue weighted by molar-refractivity contribution is -0.133. The third kappa shape index (κ3) is 2.77. The second kappa shape index (κ2) is 5.60. The third-order valence-electron chi connectivity index (χ3n) is 4.22. The van der Waals surface area contributed by atoms with Gasteiger partial charge in [-0.25, -0.2) is 0 Å². The van der Waals surface area contributed by atoms with Crippen LogP contribution in [0.4, 0.5) is 5.69 Å². The average Bonchev–Trinajstić information content (AvgIpc) is 2.53. The summed E-state index contributed by atoms with van der Waals surface area (Å²) in [6.45, 7) is 3.43. The molecule has 3 nitrogen and oxygen atoms in total. The van der Waals surface area contributed by atoms with E-state index < -0.39 is 0 Å². The molecule has 2 N–H and O–H groups in total. The van der Waals surface area contributed by atoms with E-state index in [1.54, 1.807) is 0 Å². The number of carbonyl (C=O) groups excluding carboxylic acids is 1. The van der Waals surface area contributed by atoms with E-state index in [1.807, 2.05) is 54.3 Å². The molecule has 1 atom stereocenters. The Hall–Kier alpha value is -2.29. The van der Waals surface area contributed by atoms with Crippen LogP contribution in [0.25, 0.3) is 0 Å². The molecule has 1 aliphatic rings. The summed E-state index contributed by atoms with van der Waals surface area (Å²) in [6.07, 6.45) is 0.906. The fourth-order valence-corrected chi connectivity index (χ4v) is 2.92. The van der Waals surface area contributed by atoms with E-state index in [1.165, 1.54) is 11.1 Å². The summed E-state index contributed by atoms with van der Waals surface area (Å²) < 4.78 is 0. The van der Waals surface area contributed by atoms with Crippen LogP contribution >= 0.6 is 0 Å². The number of hydrogen-bond donors (Lipinski definition) is 1. The maximum atomic E-state index is 12.7. The van der Waals surface area contributed by atoms with Crippen LogP contribution in [-0.2, 0) is 17.8 Å². The van der Waals surface area contributed by atoms with Gasteiger partial charge in [0.05, 0.1) is 5.92 Å². The zero-order valence-corrected chi connectivity index (χ0v) is 12.3. The number of amides is 1. The van der Waals surface area contributed by atoms with E-state index in [2.05, 4.69) is 6.07 Å². The fraction of sp³-hybridized carbons (Fsp3) is 0.278. The van der Waals surface area contributed by atoms with Crippen LogP contribution in [0.2, 0.25) is 0 Å². The molecule has 0 spiro atoms. The molecule has 0 saturated carbocycles. The standard InChI is InChI=1S/C18H20N2O/c1-13(14-5-3-2-4-6-14)18(21)20-10-9-15-7-8-17(19)11-16(15)12-20/h2-8,11,13H,9-10,12,19H2,1H3. The first-order valence-corrected chi connectivity index (χ1v) is 7.36. The van der Waals surface area contributed by atoms with E-state index >= 15 is 0 Å². The van der Waals surface area contributed by atoms with Gasteiger partial charge < -0.3 is 10.6 Å². The second-order valence-electron chi connectivity index (χ2n) is 5.67. The predicted octanol–water partition coefficient (Wildman–Crippen LogP) is 2.96. The van der Waals surface area contributed by atoms with Crippen molar-refractivity contribution in [1.29, 1.82) is 0 Å². The molecule has 3 heteroatoms. The second-order valence-corrected chi connectivity index (χ2v) is 5.67. The molecule has 1 aliphatic heterocycles. The smallest absolute Gasteiger partial charge is 0.230 e. The molecule has 1 unspecified atom stereocenters. The summed E-state index contributed by atoms with van der Waals surface area (Å²) in [5, 5.41) is 0. The molecular weight excluding hydrogens is 260 g/mol. The highest BCUT2D eigenvalue weighted by molar-refractivity contribution is 5.83. The number of nitrogens with two attached hydrogens (primary N) is 1. The Morgan fingerprint density at radius 1 is 1.14 bits per heavy atom. The first-order valence-electron chi connectivity index (χ1n) is 7.36. The number of nitrogen functional groups attached to an aromatic ring is 1. The Morgan fingerprint density at radius 3 is 2.67 bits per heavy atom. The molecule has 0 radical (unpaired) electrons. The van der Waals surface area contributed by atoms with Gasteiger partial charge in [0.15, 0.2) is 0 Å². The summed E-state index contributed by atoms with van der Waals surface area (Å²) in [6, 6.07) is 16.0. The highest BCUT2D eigenvalue weighted by Gasteiger charge is 2.25. The lowest BCUT2D eigenvalue weighted by Gasteiger charge is -2.31. The summed E-state index contributed by atoms with van der Waals surface area (Å²) in [5.74, 6) is 0.0862. The van der Waals surface area contributed by atoms with Crippen LogP contribution in [0.1, 0.15) is 29.5 Å². The van der Waals surface area contributed by atoms with Gasteiger partial charge in [0.25, 0.3) is 0 Å². The fourth-order valence-electron chi connectivity index (χ4n) is 2.92. The predicted molar refractivity (Wildman–Crippen MR) is 84.8 cm³/mol. The number of nitrogens with zero attached hydrogens (tertiary/aromatic N) is 1. The van der Waals surface area contributed by atoms with Gasteiger partial charge in [-0.2, -0.15) is 0 Å². The van der Waals surface area contributed by atoms with Crippen molar-refractivity contribution in [2.45, 2.75) is 25.8 Å². The van der Waals surface area contributed by atoms with Gasteiger partial charge in [-0.1, -0.05) is 36.4 Å². The van der Waals surface area contributed by atoms with E-state index in [0.717, 1.165) is 24.2 Å². The number of carbonyl (C=O) groups is 1. The van der Waals surface area contributed by atoms with E-state index in [4.69, 9.17) is 5.73 Å². The molecule has 21 heavy (non-hydrogen) atoms. The first-order chi connectivity index (χ1) is 10.1. The van der Waals surface area contributed by atoms with Gasteiger partial charge in [0, 0.05) is 18.8 Å². The summed E-state index contributed by atoms with van der Waals surface area (Å²) in [7, 11) is 0. The summed E-state index contributed by atoms with van der Waals surface area (Å²) >= 11 is 0. The molecule has 1 heterocycles. The van der Waals surface area contributed by atoms with E-state index in [9.17, 15) is 4.79 Å². The molecule has 108 valence electrons. The molecule has 0 aliphatic carbocycles. The topological polar surface area (TPSA) is 46.3 Å². The van der Waals surface area contributed by atoms with Crippen molar-refractivity contribution in [3.05, 3.63) is 65.2 Å². The van der Waals surface area contributed by atoms with Crippen LogP contribution in [-0.4, -0.2) is 17.4 Å². The van der Waals surface area contributed by atoms with Crippen molar-refractivity contribution >= 4 is 11.6 Å². The number of hydrogen-bond acceptors (Lipinski definition) is 2. The van der Waals surface area contributed by atoms with Gasteiger partial charge in [-0.05, 0) is 42.2 Å².